The van der Waals surface area contributed by atoms with Crippen LogP contribution in [0.4, 0.5) is 5.69 Å². The van der Waals surface area contributed by atoms with Gasteiger partial charge in [0.25, 0.3) is 10.0 Å². The van der Waals surface area contributed by atoms with Gasteiger partial charge >= 0.3 is 0 Å². The number of para-hydroxylation sites is 1. The molecule has 0 amide bonds. The van der Waals surface area contributed by atoms with Gasteiger partial charge in [0.2, 0.25) is 5.78 Å². The second-order valence-electron chi connectivity index (χ2n) is 4.92. The molecule has 0 fully saturated rings. The van der Waals surface area contributed by atoms with E-state index in [9.17, 15) is 13.2 Å². The molecule has 0 N–H and O–H groups in total. The average Bonchev–Trinajstić information content (AvgIpc) is 2.81. The van der Waals surface area contributed by atoms with E-state index in [2.05, 4.69) is 0 Å². The van der Waals surface area contributed by atoms with Gasteiger partial charge in [-0.3, -0.25) is 4.79 Å². The lowest BCUT2D eigenvalue weighted by atomic mass is 10.1. The maximum atomic E-state index is 13.0. The van der Waals surface area contributed by atoms with E-state index in [4.69, 9.17) is 0 Å². The van der Waals surface area contributed by atoms with Crippen LogP contribution in [-0.4, -0.2) is 14.2 Å². The zero-order chi connectivity index (χ0) is 15.9. The van der Waals surface area contributed by atoms with Gasteiger partial charge in [0.15, 0.2) is 0 Å². The Balaban J connectivity index is 2.22. The van der Waals surface area contributed by atoms with Crippen LogP contribution in [-0.2, 0) is 10.0 Å². The van der Waals surface area contributed by atoms with Crippen LogP contribution in [0.5, 0.6) is 0 Å². The number of hydrogen-bond acceptors (Lipinski definition) is 3. The van der Waals surface area contributed by atoms with Gasteiger partial charge in [0, 0.05) is 9.65 Å². The van der Waals surface area contributed by atoms with Gasteiger partial charge in [-0.2, -0.15) is 0 Å². The van der Waals surface area contributed by atoms with E-state index in [1.807, 2.05) is 29.5 Å². The van der Waals surface area contributed by atoms with Crippen LogP contribution >= 0.6 is 22.6 Å². The minimum Gasteiger partial charge on any atom is -0.287 e. The molecule has 0 aromatic heterocycles. The SMILES string of the molecule is Cc1ccc(S(=O)(=O)N2/C(=C/I)C(=O)c3ccccc32)cc1. The summed E-state index contributed by atoms with van der Waals surface area (Å²) in [6.07, 6.45) is 0. The van der Waals surface area contributed by atoms with Crippen molar-refractivity contribution < 1.29 is 13.2 Å². The smallest absolute Gasteiger partial charge is 0.268 e. The topological polar surface area (TPSA) is 54.5 Å². The van der Waals surface area contributed by atoms with Gasteiger partial charge < -0.3 is 0 Å². The molecule has 0 radical (unpaired) electrons. The zero-order valence-electron chi connectivity index (χ0n) is 11.7. The first-order valence-corrected chi connectivity index (χ1v) is 9.21. The molecule has 2 aromatic carbocycles. The fourth-order valence-electron chi connectivity index (χ4n) is 2.37. The lowest BCUT2D eigenvalue weighted by Gasteiger charge is -2.20. The monoisotopic (exact) mass is 425 g/mol. The van der Waals surface area contributed by atoms with Crippen LogP contribution in [0.15, 0.2) is 63.2 Å². The van der Waals surface area contributed by atoms with E-state index in [1.54, 1.807) is 48.5 Å². The molecule has 0 saturated heterocycles. The summed E-state index contributed by atoms with van der Waals surface area (Å²) in [6.45, 7) is 1.89. The Morgan fingerprint density at radius 2 is 1.68 bits per heavy atom. The Morgan fingerprint density at radius 3 is 2.32 bits per heavy atom. The summed E-state index contributed by atoms with van der Waals surface area (Å²) >= 11 is 1.89. The molecule has 0 spiro atoms. The Labute approximate surface area is 142 Å². The number of anilines is 1. The Hall–Kier alpha value is -1.67. The number of halogens is 1. The fraction of sp³-hybridized carbons (Fsp3) is 0.0625. The minimum atomic E-state index is -3.82. The number of carbonyl (C=O) groups is 1. The number of ketones is 1. The molecule has 2 aromatic rings. The predicted octanol–water partition coefficient (Wildman–Crippen LogP) is 3.66. The van der Waals surface area contributed by atoms with Gasteiger partial charge in [0.05, 0.1) is 10.6 Å². The summed E-state index contributed by atoms with van der Waals surface area (Å²) in [5, 5.41) is 0. The highest BCUT2D eigenvalue weighted by molar-refractivity contribution is 14.1. The van der Waals surface area contributed by atoms with Crippen LogP contribution in [0.3, 0.4) is 0 Å². The number of Topliss-reactive ketones (excluding diaryl/α,β-unsaturated/α-hetero) is 1. The van der Waals surface area contributed by atoms with Crippen LogP contribution in [0.25, 0.3) is 0 Å². The van der Waals surface area contributed by atoms with Crippen molar-refractivity contribution in [2.24, 2.45) is 0 Å². The van der Waals surface area contributed by atoms with Gasteiger partial charge in [-0.1, -0.05) is 52.4 Å². The average molecular weight is 425 g/mol. The first-order chi connectivity index (χ1) is 10.5. The normalized spacial score (nSPS) is 16.2. The molecular weight excluding hydrogens is 413 g/mol. The van der Waals surface area contributed by atoms with Crippen molar-refractivity contribution in [1.82, 2.24) is 0 Å². The van der Waals surface area contributed by atoms with Gasteiger partial charge in [-0.15, -0.1) is 0 Å². The molecular formula is C16H12INO3S. The maximum Gasteiger partial charge on any atom is 0.268 e. The number of fused-ring (bicyclic) bond motifs is 1. The zero-order valence-corrected chi connectivity index (χ0v) is 14.6. The summed E-state index contributed by atoms with van der Waals surface area (Å²) in [4.78, 5) is 12.6. The lowest BCUT2D eigenvalue weighted by molar-refractivity contribution is 0.104. The molecule has 0 bridgehead atoms. The van der Waals surface area contributed by atoms with Crippen molar-refractivity contribution in [3.8, 4) is 0 Å². The van der Waals surface area contributed by atoms with E-state index < -0.39 is 10.0 Å². The Morgan fingerprint density at radius 1 is 1.05 bits per heavy atom. The third kappa shape index (κ3) is 2.26. The lowest BCUT2D eigenvalue weighted by Crippen LogP contribution is -2.28. The second-order valence-corrected chi connectivity index (χ2v) is 7.33. The van der Waals surface area contributed by atoms with E-state index in [0.717, 1.165) is 9.87 Å². The predicted molar refractivity (Wildman–Crippen MR) is 93.7 cm³/mol. The molecule has 3 rings (SSSR count). The molecule has 112 valence electrons. The molecule has 0 unspecified atom stereocenters. The Kier molecular flexibility index (Phi) is 3.82. The van der Waals surface area contributed by atoms with Crippen LogP contribution in [0.1, 0.15) is 15.9 Å². The summed E-state index contributed by atoms with van der Waals surface area (Å²) in [5.41, 5.74) is 1.93. The van der Waals surface area contributed by atoms with Crippen molar-refractivity contribution >= 4 is 44.1 Å². The molecule has 6 heteroatoms. The van der Waals surface area contributed by atoms with E-state index in [0.29, 0.717) is 11.3 Å². The van der Waals surface area contributed by atoms with Crippen molar-refractivity contribution in [2.45, 2.75) is 11.8 Å². The van der Waals surface area contributed by atoms with E-state index in [1.165, 1.54) is 4.08 Å². The maximum absolute atomic E-state index is 13.0. The first-order valence-electron chi connectivity index (χ1n) is 6.53. The van der Waals surface area contributed by atoms with Crippen LogP contribution in [0.2, 0.25) is 0 Å². The minimum absolute atomic E-state index is 0.155. The highest BCUT2D eigenvalue weighted by Crippen LogP contribution is 2.39. The van der Waals surface area contributed by atoms with Gasteiger partial charge in [0.1, 0.15) is 5.70 Å². The molecule has 0 aliphatic carbocycles. The second kappa shape index (κ2) is 5.51. The molecule has 0 atom stereocenters. The quantitative estimate of drug-likeness (QED) is 0.545. The van der Waals surface area contributed by atoms with Crippen LogP contribution < -0.4 is 4.31 Å². The fourth-order valence-corrected chi connectivity index (χ4v) is 4.63. The third-order valence-electron chi connectivity index (χ3n) is 3.48. The largest absolute Gasteiger partial charge is 0.287 e. The summed E-state index contributed by atoms with van der Waals surface area (Å²) < 4.78 is 28.5. The number of nitrogens with zero attached hydrogens (tertiary/aromatic N) is 1. The number of sulfonamides is 1. The standard InChI is InChI=1S/C16H12INO3S/c1-11-6-8-12(9-7-11)22(20,21)18-14-5-3-2-4-13(14)16(19)15(18)10-17/h2-10H,1H3/b15-10+. The van der Waals surface area contributed by atoms with Crippen molar-refractivity contribution in [2.75, 3.05) is 4.31 Å². The molecule has 0 saturated carbocycles. The first kappa shape index (κ1) is 15.2. The number of rotatable bonds is 2. The molecule has 22 heavy (non-hydrogen) atoms. The number of carbonyl (C=O) groups excluding carboxylic acids is 1. The van der Waals surface area contributed by atoms with E-state index >= 15 is 0 Å². The molecule has 1 aliphatic rings. The highest BCUT2D eigenvalue weighted by Gasteiger charge is 2.39. The van der Waals surface area contributed by atoms with Crippen LogP contribution in [0, 0.1) is 6.92 Å². The number of benzene rings is 2. The summed E-state index contributed by atoms with van der Waals surface area (Å²) in [5.74, 6) is -0.277. The Bertz CT molecular complexity index is 886. The van der Waals surface area contributed by atoms with Crippen molar-refractivity contribution in [3.63, 3.8) is 0 Å². The number of hydrogen-bond donors (Lipinski definition) is 0. The van der Waals surface area contributed by atoms with Crippen molar-refractivity contribution in [1.29, 1.82) is 0 Å². The summed E-state index contributed by atoms with van der Waals surface area (Å²) in [6, 6.07) is 13.3. The number of allylic oxidation sites excluding steroid dienone is 1. The molecule has 4 nitrogen and oxygen atoms in total. The van der Waals surface area contributed by atoms with E-state index in [-0.39, 0.29) is 16.4 Å². The number of aryl methyl sites for hydroxylation is 1. The van der Waals surface area contributed by atoms with Crippen molar-refractivity contribution in [3.05, 3.63) is 69.4 Å². The van der Waals surface area contributed by atoms with Gasteiger partial charge in [-0.25, -0.2) is 12.7 Å². The molecule has 1 aliphatic heterocycles. The molecule has 1 heterocycles. The summed E-state index contributed by atoms with van der Waals surface area (Å²) in [7, 11) is -3.82. The van der Waals surface area contributed by atoms with Gasteiger partial charge in [-0.05, 0) is 31.2 Å². The third-order valence-corrected chi connectivity index (χ3v) is 5.81. The highest BCUT2D eigenvalue weighted by atomic mass is 127.